The van der Waals surface area contributed by atoms with Gasteiger partial charge in [-0.3, -0.25) is 4.90 Å². The van der Waals surface area contributed by atoms with E-state index >= 15 is 0 Å². The molecule has 1 aliphatic heterocycles. The van der Waals surface area contributed by atoms with E-state index < -0.39 is 32.0 Å². The molecule has 0 aromatic heterocycles. The van der Waals surface area contributed by atoms with Crippen molar-refractivity contribution in [1.29, 1.82) is 0 Å². The Kier molecular flexibility index (Phi) is 7.70. The summed E-state index contributed by atoms with van der Waals surface area (Å²) in [4.78, 5) is 15.8. The van der Waals surface area contributed by atoms with Gasteiger partial charge in [-0.2, -0.15) is 0 Å². The van der Waals surface area contributed by atoms with Crippen LogP contribution in [0.4, 0.5) is 4.79 Å². The summed E-state index contributed by atoms with van der Waals surface area (Å²) >= 11 is 0. The molecule has 0 unspecified atom stereocenters. The van der Waals surface area contributed by atoms with E-state index in [0.717, 1.165) is 11.1 Å². The zero-order valence-electron chi connectivity index (χ0n) is 22.2. The van der Waals surface area contributed by atoms with E-state index in [-0.39, 0.29) is 18.2 Å². The Morgan fingerprint density at radius 3 is 1.56 bits per heavy atom. The highest BCUT2D eigenvalue weighted by atomic mass is 28.3. The van der Waals surface area contributed by atoms with Gasteiger partial charge in [0.25, 0.3) is 0 Å². The molecule has 0 spiro atoms. The summed E-state index contributed by atoms with van der Waals surface area (Å²) in [6.07, 6.45) is -0.352. The molecule has 0 radical (unpaired) electrons. The lowest BCUT2D eigenvalue weighted by atomic mass is 9.90. The summed E-state index contributed by atoms with van der Waals surface area (Å²) in [5.74, 6) is 0. The largest absolute Gasteiger partial charge is 0.498 e. The van der Waals surface area contributed by atoms with Crippen molar-refractivity contribution in [3.8, 4) is 0 Å². The number of carbonyl (C=O) groups is 1. The Labute approximate surface area is 206 Å². The third-order valence-corrected chi connectivity index (χ3v) is 9.31. The minimum Gasteiger partial charge on any atom is -0.452 e. The standard InChI is InChI=1S/C27H40BNO4Si/c1-20(22-16-12-10-13-17-22)29(21(2)23-18-14-11-15-19-23)25(30)31-24(34(7,8)9)28-32-26(3,4)27(5,6)33-28/h10-21,24H,1-9H3/t20-,21-,24+/m1/s1. The van der Waals surface area contributed by atoms with E-state index in [9.17, 15) is 4.79 Å². The van der Waals surface area contributed by atoms with E-state index in [4.69, 9.17) is 14.0 Å². The molecule has 0 bridgehead atoms. The average molecular weight is 482 g/mol. The lowest BCUT2D eigenvalue weighted by Gasteiger charge is -2.38. The van der Waals surface area contributed by atoms with Crippen molar-refractivity contribution in [3.05, 3.63) is 71.8 Å². The zero-order chi connectivity index (χ0) is 25.3. The van der Waals surface area contributed by atoms with Gasteiger partial charge in [0.1, 0.15) is 5.63 Å². The number of nitrogens with zero attached hydrogens (tertiary/aromatic N) is 1. The van der Waals surface area contributed by atoms with Crippen LogP contribution in [0.3, 0.4) is 0 Å². The Morgan fingerprint density at radius 1 is 0.824 bits per heavy atom. The van der Waals surface area contributed by atoms with E-state index in [2.05, 4.69) is 19.6 Å². The number of rotatable bonds is 7. The highest BCUT2D eigenvalue weighted by Gasteiger charge is 2.58. The van der Waals surface area contributed by atoms with Crippen LogP contribution in [0.25, 0.3) is 0 Å². The van der Waals surface area contributed by atoms with Gasteiger partial charge in [-0.1, -0.05) is 80.3 Å². The Balaban J connectivity index is 1.94. The van der Waals surface area contributed by atoms with Crippen LogP contribution in [0.15, 0.2) is 60.7 Å². The maximum Gasteiger partial charge on any atom is 0.498 e. The first-order valence-electron chi connectivity index (χ1n) is 12.2. The SMILES string of the molecule is C[C@H](c1ccccc1)N(C(=O)O[C@H](B1OC(C)(C)C(C)(C)O1)[Si](C)(C)C)[C@H](C)c1ccccc1. The fourth-order valence-corrected chi connectivity index (χ4v) is 5.67. The molecular formula is C27H40BNO4Si. The molecule has 1 amide bonds. The molecule has 3 atom stereocenters. The first-order chi connectivity index (χ1) is 15.7. The lowest BCUT2D eigenvalue weighted by Crippen LogP contribution is -2.55. The number of amides is 1. The van der Waals surface area contributed by atoms with Crippen molar-refractivity contribution >= 4 is 21.3 Å². The van der Waals surface area contributed by atoms with E-state index in [1.807, 2.05) is 107 Å². The maximum atomic E-state index is 13.9. The second-order valence-corrected chi connectivity index (χ2v) is 16.7. The van der Waals surface area contributed by atoms with Gasteiger partial charge in [0.05, 0.1) is 31.4 Å². The van der Waals surface area contributed by atoms with Crippen LogP contribution in [0.1, 0.15) is 64.8 Å². The molecular weight excluding hydrogens is 441 g/mol. The molecule has 2 aromatic rings. The summed E-state index contributed by atoms with van der Waals surface area (Å²) in [5, 5.41) is 0. The van der Waals surface area contributed by atoms with Gasteiger partial charge in [0, 0.05) is 0 Å². The molecule has 0 N–H and O–H groups in total. The topological polar surface area (TPSA) is 48.0 Å². The van der Waals surface area contributed by atoms with Crippen molar-refractivity contribution < 1.29 is 18.8 Å². The van der Waals surface area contributed by atoms with Crippen molar-refractivity contribution in [2.75, 3.05) is 0 Å². The van der Waals surface area contributed by atoms with Gasteiger partial charge in [-0.25, -0.2) is 4.79 Å². The van der Waals surface area contributed by atoms with Gasteiger partial charge in [-0.15, -0.1) is 0 Å². The molecule has 1 aliphatic rings. The molecule has 184 valence electrons. The summed E-state index contributed by atoms with van der Waals surface area (Å²) < 4.78 is 19.0. The molecule has 34 heavy (non-hydrogen) atoms. The predicted molar refractivity (Wildman–Crippen MR) is 141 cm³/mol. The highest BCUT2D eigenvalue weighted by molar-refractivity contribution is 6.86. The van der Waals surface area contributed by atoms with Crippen LogP contribution >= 0.6 is 0 Å². The lowest BCUT2D eigenvalue weighted by molar-refractivity contribution is 0.00578. The molecule has 3 rings (SSSR count). The molecule has 1 fully saturated rings. The first-order valence-corrected chi connectivity index (χ1v) is 15.8. The van der Waals surface area contributed by atoms with Gasteiger partial charge in [-0.05, 0) is 52.7 Å². The molecule has 2 aromatic carbocycles. The van der Waals surface area contributed by atoms with E-state index in [0.29, 0.717) is 0 Å². The maximum absolute atomic E-state index is 13.9. The summed E-state index contributed by atoms with van der Waals surface area (Å²) in [6.45, 7) is 18.7. The van der Waals surface area contributed by atoms with Crippen molar-refractivity contribution in [2.45, 2.75) is 90.1 Å². The number of carbonyl (C=O) groups excluding carboxylic acids is 1. The monoisotopic (exact) mass is 481 g/mol. The number of ether oxygens (including phenoxy) is 1. The molecule has 1 saturated heterocycles. The highest BCUT2D eigenvalue weighted by Crippen LogP contribution is 2.40. The third kappa shape index (κ3) is 5.58. The Morgan fingerprint density at radius 2 is 1.21 bits per heavy atom. The van der Waals surface area contributed by atoms with Crippen LogP contribution < -0.4 is 0 Å². The summed E-state index contributed by atoms with van der Waals surface area (Å²) in [5.41, 5.74) is 0.687. The second-order valence-electron chi connectivity index (χ2n) is 11.4. The number of benzene rings is 2. The Hall–Kier alpha value is -2.09. The minimum atomic E-state index is -2.03. The van der Waals surface area contributed by atoms with Crippen LogP contribution in [-0.4, -0.2) is 43.0 Å². The zero-order valence-corrected chi connectivity index (χ0v) is 23.2. The van der Waals surface area contributed by atoms with E-state index in [1.165, 1.54) is 0 Å². The van der Waals surface area contributed by atoms with Crippen LogP contribution in [0.5, 0.6) is 0 Å². The Bertz CT molecular complexity index is 900. The molecule has 1 heterocycles. The van der Waals surface area contributed by atoms with Gasteiger partial charge < -0.3 is 14.0 Å². The van der Waals surface area contributed by atoms with Gasteiger partial charge >= 0.3 is 13.2 Å². The van der Waals surface area contributed by atoms with Crippen LogP contribution in [0, 0.1) is 0 Å². The van der Waals surface area contributed by atoms with Crippen LogP contribution in [0.2, 0.25) is 19.6 Å². The normalized spacial score (nSPS) is 19.9. The predicted octanol–water partition coefficient (Wildman–Crippen LogP) is 6.82. The van der Waals surface area contributed by atoms with Crippen molar-refractivity contribution in [1.82, 2.24) is 4.90 Å². The molecule has 7 heteroatoms. The second kappa shape index (κ2) is 9.88. The number of hydrogen-bond donors (Lipinski definition) is 0. The smallest absolute Gasteiger partial charge is 0.452 e. The fourth-order valence-electron chi connectivity index (χ4n) is 4.26. The quantitative estimate of drug-likeness (QED) is 0.407. The first kappa shape index (κ1) is 26.5. The van der Waals surface area contributed by atoms with Gasteiger partial charge in [0.15, 0.2) is 0 Å². The third-order valence-electron chi connectivity index (χ3n) is 7.21. The van der Waals surface area contributed by atoms with Gasteiger partial charge in [0.2, 0.25) is 0 Å². The molecule has 0 saturated carbocycles. The van der Waals surface area contributed by atoms with Crippen LogP contribution in [-0.2, 0) is 14.0 Å². The summed E-state index contributed by atoms with van der Waals surface area (Å²) in [6, 6.07) is 19.8. The minimum absolute atomic E-state index is 0.176. The molecule has 0 aliphatic carbocycles. The number of hydrogen-bond acceptors (Lipinski definition) is 4. The van der Waals surface area contributed by atoms with E-state index in [1.54, 1.807) is 0 Å². The molecule has 5 nitrogen and oxygen atoms in total. The van der Waals surface area contributed by atoms with Crippen molar-refractivity contribution in [3.63, 3.8) is 0 Å². The summed E-state index contributed by atoms with van der Waals surface area (Å²) in [7, 11) is -2.63. The fraction of sp³-hybridized carbons (Fsp3) is 0.519. The average Bonchev–Trinajstić information content (AvgIpc) is 2.98. The van der Waals surface area contributed by atoms with Crippen molar-refractivity contribution in [2.24, 2.45) is 0 Å².